The molecule has 2 atom stereocenters. The molecule has 2 heteroatoms. The van der Waals surface area contributed by atoms with Crippen LogP contribution in [0.2, 0.25) is 0 Å². The van der Waals surface area contributed by atoms with E-state index in [-0.39, 0.29) is 5.82 Å². The summed E-state index contributed by atoms with van der Waals surface area (Å²) in [6.07, 6.45) is 4.11. The summed E-state index contributed by atoms with van der Waals surface area (Å²) in [5.74, 6) is 0.466. The lowest BCUT2D eigenvalue weighted by atomic mass is 9.72. The fourth-order valence-electron chi connectivity index (χ4n) is 3.37. The molecular weight excluding hydrogens is 213 g/mol. The molecule has 1 aromatic carbocycles. The molecule has 94 valence electrons. The number of nitrogens with two attached hydrogens (primary N) is 1. The largest absolute Gasteiger partial charge is 0.321 e. The molecule has 2 N–H and O–H groups in total. The highest BCUT2D eigenvalue weighted by molar-refractivity contribution is 5.37. The van der Waals surface area contributed by atoms with Gasteiger partial charge in [0.15, 0.2) is 0 Å². The van der Waals surface area contributed by atoms with Crippen molar-refractivity contribution in [2.45, 2.75) is 52.0 Å². The first-order valence-corrected chi connectivity index (χ1v) is 6.48. The maximum atomic E-state index is 14.2. The standard InChI is InChI=1S/C15H22FN/c1-10-5-4-6-15(17,9-10)14-12(3)7-11(2)8-13(14)16/h7-8,10H,4-6,9,17H2,1-3H3. The first kappa shape index (κ1) is 12.6. The summed E-state index contributed by atoms with van der Waals surface area (Å²) >= 11 is 0. The molecule has 0 aromatic heterocycles. The van der Waals surface area contributed by atoms with Gasteiger partial charge in [0.25, 0.3) is 0 Å². The zero-order valence-corrected chi connectivity index (χ0v) is 11.0. The van der Waals surface area contributed by atoms with Gasteiger partial charge in [0.2, 0.25) is 0 Å². The third-order valence-corrected chi connectivity index (χ3v) is 3.96. The average Bonchev–Trinajstić information content (AvgIpc) is 2.14. The number of halogens is 1. The summed E-state index contributed by atoms with van der Waals surface area (Å²) in [6, 6.07) is 3.64. The lowest BCUT2D eigenvalue weighted by molar-refractivity contribution is 0.232. The molecule has 1 aliphatic rings. The van der Waals surface area contributed by atoms with E-state index in [0.717, 1.165) is 36.0 Å². The van der Waals surface area contributed by atoms with E-state index in [2.05, 4.69) is 6.92 Å². The summed E-state index contributed by atoms with van der Waals surface area (Å²) in [4.78, 5) is 0. The molecule has 0 amide bonds. The topological polar surface area (TPSA) is 26.0 Å². The third kappa shape index (κ3) is 2.37. The summed E-state index contributed by atoms with van der Waals surface area (Å²) < 4.78 is 14.2. The first-order valence-electron chi connectivity index (χ1n) is 6.48. The number of benzene rings is 1. The molecule has 1 nitrogen and oxygen atoms in total. The van der Waals surface area contributed by atoms with Crippen molar-refractivity contribution in [3.8, 4) is 0 Å². The van der Waals surface area contributed by atoms with Crippen LogP contribution in [0.25, 0.3) is 0 Å². The number of hydrogen-bond donors (Lipinski definition) is 1. The first-order chi connectivity index (χ1) is 7.92. The van der Waals surface area contributed by atoms with Crippen LogP contribution in [0.3, 0.4) is 0 Å². The molecule has 2 rings (SSSR count). The van der Waals surface area contributed by atoms with Crippen molar-refractivity contribution in [2.24, 2.45) is 11.7 Å². The van der Waals surface area contributed by atoms with Crippen LogP contribution in [0.1, 0.15) is 49.3 Å². The molecule has 0 aliphatic heterocycles. The molecule has 0 saturated heterocycles. The molecular formula is C15H22FN. The van der Waals surface area contributed by atoms with Gasteiger partial charge in [0, 0.05) is 11.1 Å². The summed E-state index contributed by atoms with van der Waals surface area (Å²) in [5, 5.41) is 0. The second kappa shape index (κ2) is 4.41. The highest BCUT2D eigenvalue weighted by atomic mass is 19.1. The van der Waals surface area contributed by atoms with Crippen LogP contribution in [0.5, 0.6) is 0 Å². The number of hydrogen-bond acceptors (Lipinski definition) is 1. The van der Waals surface area contributed by atoms with Gasteiger partial charge in [-0.3, -0.25) is 0 Å². The predicted molar refractivity (Wildman–Crippen MR) is 69.4 cm³/mol. The van der Waals surface area contributed by atoms with E-state index in [1.54, 1.807) is 6.07 Å². The Labute approximate surface area is 103 Å². The smallest absolute Gasteiger partial charge is 0.128 e. The average molecular weight is 235 g/mol. The predicted octanol–water partition coefficient (Wildman–Crippen LogP) is 3.81. The Morgan fingerprint density at radius 3 is 2.65 bits per heavy atom. The lowest BCUT2D eigenvalue weighted by Crippen LogP contribution is -2.42. The zero-order chi connectivity index (χ0) is 12.6. The van der Waals surface area contributed by atoms with Crippen LogP contribution >= 0.6 is 0 Å². The Balaban J connectivity index is 2.45. The molecule has 1 aliphatic carbocycles. The Morgan fingerprint density at radius 2 is 2.06 bits per heavy atom. The SMILES string of the molecule is Cc1cc(C)c(C2(N)CCCC(C)C2)c(F)c1. The second-order valence-corrected chi connectivity index (χ2v) is 5.80. The van der Waals surface area contributed by atoms with E-state index in [9.17, 15) is 4.39 Å². The van der Waals surface area contributed by atoms with Crippen LogP contribution in [0.15, 0.2) is 12.1 Å². The summed E-state index contributed by atoms with van der Waals surface area (Å²) in [5.41, 5.74) is 8.74. The van der Waals surface area contributed by atoms with Crippen LogP contribution in [0.4, 0.5) is 4.39 Å². The van der Waals surface area contributed by atoms with Crippen molar-refractivity contribution < 1.29 is 4.39 Å². The van der Waals surface area contributed by atoms with E-state index in [0.29, 0.717) is 5.92 Å². The third-order valence-electron chi connectivity index (χ3n) is 3.96. The van der Waals surface area contributed by atoms with Gasteiger partial charge in [-0.2, -0.15) is 0 Å². The molecule has 1 fully saturated rings. The van der Waals surface area contributed by atoms with Crippen LogP contribution in [0, 0.1) is 25.6 Å². The van der Waals surface area contributed by atoms with Crippen LogP contribution in [-0.4, -0.2) is 0 Å². The molecule has 0 spiro atoms. The second-order valence-electron chi connectivity index (χ2n) is 5.80. The van der Waals surface area contributed by atoms with E-state index >= 15 is 0 Å². The van der Waals surface area contributed by atoms with Gasteiger partial charge in [-0.15, -0.1) is 0 Å². The number of rotatable bonds is 1. The minimum Gasteiger partial charge on any atom is -0.321 e. The van der Waals surface area contributed by atoms with Crippen molar-refractivity contribution in [1.82, 2.24) is 0 Å². The quantitative estimate of drug-likeness (QED) is 0.787. The molecule has 2 unspecified atom stereocenters. The van der Waals surface area contributed by atoms with E-state index < -0.39 is 5.54 Å². The van der Waals surface area contributed by atoms with Gasteiger partial charge in [0.05, 0.1) is 0 Å². The van der Waals surface area contributed by atoms with Crippen molar-refractivity contribution in [3.63, 3.8) is 0 Å². The van der Waals surface area contributed by atoms with Gasteiger partial charge in [-0.25, -0.2) is 4.39 Å². The van der Waals surface area contributed by atoms with E-state index in [4.69, 9.17) is 5.73 Å². The van der Waals surface area contributed by atoms with E-state index in [1.807, 2.05) is 19.9 Å². The van der Waals surface area contributed by atoms with Crippen molar-refractivity contribution in [2.75, 3.05) is 0 Å². The maximum absolute atomic E-state index is 14.2. The molecule has 0 radical (unpaired) electrons. The number of aryl methyl sites for hydroxylation is 2. The highest BCUT2D eigenvalue weighted by Crippen LogP contribution is 2.40. The van der Waals surface area contributed by atoms with Gasteiger partial charge < -0.3 is 5.73 Å². The summed E-state index contributed by atoms with van der Waals surface area (Å²) in [6.45, 7) is 6.11. The normalized spacial score (nSPS) is 29.4. The van der Waals surface area contributed by atoms with Gasteiger partial charge in [-0.1, -0.05) is 25.8 Å². The van der Waals surface area contributed by atoms with Crippen molar-refractivity contribution >= 4 is 0 Å². The van der Waals surface area contributed by atoms with Gasteiger partial charge in [0.1, 0.15) is 5.82 Å². The van der Waals surface area contributed by atoms with E-state index in [1.165, 1.54) is 6.42 Å². The van der Waals surface area contributed by atoms with Crippen LogP contribution in [-0.2, 0) is 5.54 Å². The Kier molecular flexibility index (Phi) is 3.26. The lowest BCUT2D eigenvalue weighted by Gasteiger charge is -2.38. The summed E-state index contributed by atoms with van der Waals surface area (Å²) in [7, 11) is 0. The molecule has 1 aromatic rings. The molecule has 0 bridgehead atoms. The molecule has 0 heterocycles. The van der Waals surface area contributed by atoms with Crippen LogP contribution < -0.4 is 5.73 Å². The Hall–Kier alpha value is -0.890. The van der Waals surface area contributed by atoms with Gasteiger partial charge in [-0.05, 0) is 49.8 Å². The molecule has 17 heavy (non-hydrogen) atoms. The Bertz CT molecular complexity index is 404. The van der Waals surface area contributed by atoms with Crippen molar-refractivity contribution in [1.29, 1.82) is 0 Å². The fraction of sp³-hybridized carbons (Fsp3) is 0.600. The minimum absolute atomic E-state index is 0.126. The monoisotopic (exact) mass is 235 g/mol. The molecule has 1 saturated carbocycles. The maximum Gasteiger partial charge on any atom is 0.128 e. The fourth-order valence-corrected chi connectivity index (χ4v) is 3.37. The highest BCUT2D eigenvalue weighted by Gasteiger charge is 2.35. The zero-order valence-electron chi connectivity index (χ0n) is 11.0. The Morgan fingerprint density at radius 1 is 1.35 bits per heavy atom. The van der Waals surface area contributed by atoms with Crippen molar-refractivity contribution in [3.05, 3.63) is 34.6 Å². The van der Waals surface area contributed by atoms with Gasteiger partial charge >= 0.3 is 0 Å². The minimum atomic E-state index is -0.459.